The number of alkyl halides is 1. The van der Waals surface area contributed by atoms with Gasteiger partial charge in [-0.05, 0) is 25.1 Å². The van der Waals surface area contributed by atoms with Gasteiger partial charge in [0.15, 0.2) is 11.6 Å². The summed E-state index contributed by atoms with van der Waals surface area (Å²) in [4.78, 5) is 11.7. The van der Waals surface area contributed by atoms with Crippen LogP contribution in [0.15, 0.2) is 18.2 Å². The largest absolute Gasteiger partial charge is 0.494 e. The molecule has 16 heavy (non-hydrogen) atoms. The van der Waals surface area contributed by atoms with Crippen molar-refractivity contribution in [1.29, 1.82) is 0 Å². The Labute approximate surface area is 102 Å². The summed E-state index contributed by atoms with van der Waals surface area (Å²) in [6, 6.07) is 4.04. The average Bonchev–Trinajstić information content (AvgIpc) is 2.29. The molecule has 1 rings (SSSR count). The molecule has 88 valence electrons. The summed E-state index contributed by atoms with van der Waals surface area (Å²) in [5.41, 5.74) is 0.381. The Morgan fingerprint density at radius 1 is 1.62 bits per heavy atom. The van der Waals surface area contributed by atoms with E-state index in [2.05, 4.69) is 21.2 Å². The van der Waals surface area contributed by atoms with Gasteiger partial charge in [0.2, 0.25) is 0 Å². The third-order valence-electron chi connectivity index (χ3n) is 2.02. The van der Waals surface area contributed by atoms with Gasteiger partial charge >= 0.3 is 0 Å². The molecule has 0 spiro atoms. The van der Waals surface area contributed by atoms with Crippen molar-refractivity contribution in [1.82, 2.24) is 5.32 Å². The molecule has 0 aliphatic rings. The van der Waals surface area contributed by atoms with E-state index in [-0.39, 0.29) is 17.7 Å². The van der Waals surface area contributed by atoms with Crippen LogP contribution in [-0.2, 0) is 0 Å². The number of halogens is 2. The number of hydrogen-bond acceptors (Lipinski definition) is 2. The minimum Gasteiger partial charge on any atom is -0.494 e. The van der Waals surface area contributed by atoms with E-state index < -0.39 is 5.82 Å². The van der Waals surface area contributed by atoms with E-state index in [4.69, 9.17) is 4.74 Å². The minimum atomic E-state index is -0.479. The summed E-state index contributed by atoms with van der Waals surface area (Å²) in [5.74, 6) is -0.656. The number of methoxy groups -OCH3 is 1. The van der Waals surface area contributed by atoms with E-state index in [0.717, 1.165) is 0 Å². The van der Waals surface area contributed by atoms with Crippen molar-refractivity contribution in [2.45, 2.75) is 13.0 Å². The van der Waals surface area contributed by atoms with Crippen LogP contribution in [0.4, 0.5) is 4.39 Å². The van der Waals surface area contributed by atoms with Crippen molar-refractivity contribution in [3.8, 4) is 5.75 Å². The maximum absolute atomic E-state index is 13.1. The number of amides is 1. The van der Waals surface area contributed by atoms with Gasteiger partial charge in [-0.1, -0.05) is 15.9 Å². The van der Waals surface area contributed by atoms with Crippen LogP contribution in [0.1, 0.15) is 17.3 Å². The summed E-state index contributed by atoms with van der Waals surface area (Å²) in [5, 5.41) is 3.42. The van der Waals surface area contributed by atoms with E-state index in [0.29, 0.717) is 10.9 Å². The van der Waals surface area contributed by atoms with Crippen molar-refractivity contribution in [3.05, 3.63) is 29.6 Å². The van der Waals surface area contributed by atoms with Crippen molar-refractivity contribution < 1.29 is 13.9 Å². The van der Waals surface area contributed by atoms with Crippen LogP contribution < -0.4 is 10.1 Å². The van der Waals surface area contributed by atoms with Gasteiger partial charge in [0.25, 0.3) is 5.91 Å². The lowest BCUT2D eigenvalue weighted by molar-refractivity contribution is 0.0943. The fourth-order valence-corrected chi connectivity index (χ4v) is 1.31. The summed E-state index contributed by atoms with van der Waals surface area (Å²) in [6.45, 7) is 1.87. The third kappa shape index (κ3) is 3.20. The Hall–Kier alpha value is -1.10. The van der Waals surface area contributed by atoms with E-state index in [1.807, 2.05) is 6.92 Å². The monoisotopic (exact) mass is 289 g/mol. The molecule has 0 heterocycles. The van der Waals surface area contributed by atoms with Crippen LogP contribution in [0.3, 0.4) is 0 Å². The Morgan fingerprint density at radius 3 is 2.88 bits per heavy atom. The summed E-state index contributed by atoms with van der Waals surface area (Å²) < 4.78 is 17.9. The molecule has 1 unspecified atom stereocenters. The summed E-state index contributed by atoms with van der Waals surface area (Å²) >= 11 is 3.26. The predicted octanol–water partition coefficient (Wildman–Crippen LogP) is 2.35. The molecule has 0 aliphatic carbocycles. The van der Waals surface area contributed by atoms with Gasteiger partial charge in [-0.15, -0.1) is 0 Å². The van der Waals surface area contributed by atoms with Gasteiger partial charge in [0.05, 0.1) is 7.11 Å². The van der Waals surface area contributed by atoms with Crippen LogP contribution in [0, 0.1) is 5.82 Å². The fourth-order valence-electron chi connectivity index (χ4n) is 1.15. The molecule has 0 fully saturated rings. The molecule has 0 aromatic heterocycles. The highest BCUT2D eigenvalue weighted by molar-refractivity contribution is 9.09. The predicted molar refractivity (Wildman–Crippen MR) is 63.7 cm³/mol. The lowest BCUT2D eigenvalue weighted by Crippen LogP contribution is -2.33. The Balaban J connectivity index is 2.84. The van der Waals surface area contributed by atoms with Crippen molar-refractivity contribution >= 4 is 21.8 Å². The molecule has 1 amide bonds. The smallest absolute Gasteiger partial charge is 0.251 e. The normalized spacial score (nSPS) is 12.0. The average molecular weight is 290 g/mol. The van der Waals surface area contributed by atoms with Crippen LogP contribution in [-0.4, -0.2) is 24.4 Å². The van der Waals surface area contributed by atoms with Gasteiger partial charge in [0, 0.05) is 16.9 Å². The highest BCUT2D eigenvalue weighted by Gasteiger charge is 2.11. The van der Waals surface area contributed by atoms with Gasteiger partial charge in [-0.3, -0.25) is 4.79 Å². The first-order valence-electron chi connectivity index (χ1n) is 4.79. The van der Waals surface area contributed by atoms with E-state index in [9.17, 15) is 9.18 Å². The lowest BCUT2D eigenvalue weighted by atomic mass is 10.2. The number of rotatable bonds is 4. The zero-order valence-corrected chi connectivity index (χ0v) is 10.7. The molecule has 0 saturated carbocycles. The summed E-state index contributed by atoms with van der Waals surface area (Å²) in [7, 11) is 1.36. The maximum Gasteiger partial charge on any atom is 0.251 e. The molecule has 1 N–H and O–H groups in total. The van der Waals surface area contributed by atoms with Gasteiger partial charge in [0.1, 0.15) is 0 Å². The van der Waals surface area contributed by atoms with E-state index in [1.54, 1.807) is 0 Å². The second-order valence-corrected chi connectivity index (χ2v) is 4.03. The Morgan fingerprint density at radius 2 is 2.31 bits per heavy atom. The van der Waals surface area contributed by atoms with E-state index >= 15 is 0 Å². The second-order valence-electron chi connectivity index (χ2n) is 3.38. The third-order valence-corrected chi connectivity index (χ3v) is 2.99. The van der Waals surface area contributed by atoms with E-state index in [1.165, 1.54) is 25.3 Å². The number of carbonyl (C=O) groups excluding carboxylic acids is 1. The first-order valence-corrected chi connectivity index (χ1v) is 5.91. The topological polar surface area (TPSA) is 38.3 Å². The Kier molecular flexibility index (Phi) is 4.73. The van der Waals surface area contributed by atoms with Crippen LogP contribution in [0.25, 0.3) is 0 Å². The lowest BCUT2D eigenvalue weighted by Gasteiger charge is -2.11. The number of carbonyl (C=O) groups is 1. The second kappa shape index (κ2) is 5.84. The molecule has 1 aromatic rings. The number of ether oxygens (including phenoxy) is 1. The molecule has 0 aliphatic heterocycles. The number of benzene rings is 1. The van der Waals surface area contributed by atoms with Gasteiger partial charge in [-0.2, -0.15) is 0 Å². The first-order chi connectivity index (χ1) is 7.58. The van der Waals surface area contributed by atoms with Crippen LogP contribution in [0.2, 0.25) is 0 Å². The maximum atomic E-state index is 13.1. The quantitative estimate of drug-likeness (QED) is 0.864. The number of hydrogen-bond donors (Lipinski definition) is 1. The molecule has 0 bridgehead atoms. The standard InChI is InChI=1S/C11H13BrFNO2/c1-7(6-12)14-11(15)8-3-4-9(13)10(5-8)16-2/h3-5,7H,6H2,1-2H3,(H,14,15). The van der Waals surface area contributed by atoms with Crippen molar-refractivity contribution in [3.63, 3.8) is 0 Å². The SMILES string of the molecule is COc1cc(C(=O)NC(C)CBr)ccc1F. The van der Waals surface area contributed by atoms with Gasteiger partial charge in [-0.25, -0.2) is 4.39 Å². The first kappa shape index (κ1) is 13.0. The van der Waals surface area contributed by atoms with Crippen LogP contribution >= 0.6 is 15.9 Å². The molecule has 1 aromatic carbocycles. The molecule has 3 nitrogen and oxygen atoms in total. The highest BCUT2D eigenvalue weighted by atomic mass is 79.9. The molecular formula is C11H13BrFNO2. The fraction of sp³-hybridized carbons (Fsp3) is 0.364. The molecule has 5 heteroatoms. The zero-order valence-electron chi connectivity index (χ0n) is 9.09. The molecule has 1 atom stereocenters. The molecular weight excluding hydrogens is 277 g/mol. The van der Waals surface area contributed by atoms with Crippen molar-refractivity contribution in [2.24, 2.45) is 0 Å². The highest BCUT2D eigenvalue weighted by Crippen LogP contribution is 2.18. The molecule has 0 radical (unpaired) electrons. The Bertz CT molecular complexity index is 384. The van der Waals surface area contributed by atoms with Crippen molar-refractivity contribution in [2.75, 3.05) is 12.4 Å². The van der Waals surface area contributed by atoms with Gasteiger partial charge < -0.3 is 10.1 Å². The summed E-state index contributed by atoms with van der Waals surface area (Å²) in [6.07, 6.45) is 0. The number of nitrogens with one attached hydrogen (secondary N) is 1. The minimum absolute atomic E-state index is 0.0172. The zero-order chi connectivity index (χ0) is 12.1. The molecule has 0 saturated heterocycles. The van der Waals surface area contributed by atoms with Crippen LogP contribution in [0.5, 0.6) is 5.75 Å².